The summed E-state index contributed by atoms with van der Waals surface area (Å²) in [5.41, 5.74) is 6.03. The van der Waals surface area contributed by atoms with Gasteiger partial charge in [-0.25, -0.2) is 0 Å². The molecule has 1 unspecified atom stereocenters. The summed E-state index contributed by atoms with van der Waals surface area (Å²) in [6, 6.07) is 15.7. The van der Waals surface area contributed by atoms with Gasteiger partial charge in [0.05, 0.1) is 11.3 Å². The van der Waals surface area contributed by atoms with Crippen molar-refractivity contribution < 1.29 is 4.79 Å². The molecule has 0 aliphatic heterocycles. The van der Waals surface area contributed by atoms with Crippen LogP contribution in [0.1, 0.15) is 34.3 Å². The molecule has 0 heterocycles. The summed E-state index contributed by atoms with van der Waals surface area (Å²) in [5.74, 6) is 5.61. The lowest BCUT2D eigenvalue weighted by Gasteiger charge is -2.14. The highest BCUT2D eigenvalue weighted by molar-refractivity contribution is 5.99. The van der Waals surface area contributed by atoms with Crippen molar-refractivity contribution in [3.8, 4) is 0 Å². The summed E-state index contributed by atoms with van der Waals surface area (Å²) in [5, 5.41) is 2.96. The van der Waals surface area contributed by atoms with E-state index in [0.717, 1.165) is 5.56 Å². The third-order valence-corrected chi connectivity index (χ3v) is 3.51. The second-order valence-electron chi connectivity index (χ2n) is 5.22. The quantitative estimate of drug-likeness (QED) is 0.584. The molecule has 0 aliphatic carbocycles. The van der Waals surface area contributed by atoms with Crippen LogP contribution >= 0.6 is 0 Å². The number of nitrogens with one attached hydrogen (secondary N) is 2. The summed E-state index contributed by atoms with van der Waals surface area (Å²) >= 11 is 0. The monoisotopic (exact) mass is 283 g/mol. The Labute approximate surface area is 125 Å². The molecule has 110 valence electrons. The number of amides is 1. The molecule has 0 spiro atoms. The molecule has 0 aliphatic rings. The SMILES string of the molecule is Cc1ccc(C(=O)NCC(C)c2ccccc2)c(NN)c1. The molecule has 2 aromatic rings. The third-order valence-electron chi connectivity index (χ3n) is 3.51. The van der Waals surface area contributed by atoms with E-state index in [1.807, 2.05) is 37.3 Å². The number of anilines is 1. The van der Waals surface area contributed by atoms with E-state index in [9.17, 15) is 4.79 Å². The summed E-state index contributed by atoms with van der Waals surface area (Å²) in [4.78, 5) is 12.3. The summed E-state index contributed by atoms with van der Waals surface area (Å²) < 4.78 is 0. The predicted octanol–water partition coefficient (Wildman–Crippen LogP) is 2.81. The number of carbonyl (C=O) groups excluding carboxylic acids is 1. The van der Waals surface area contributed by atoms with Gasteiger partial charge in [0.25, 0.3) is 5.91 Å². The molecule has 4 heteroatoms. The number of hydrazine groups is 1. The van der Waals surface area contributed by atoms with Crippen molar-refractivity contribution in [2.24, 2.45) is 5.84 Å². The van der Waals surface area contributed by atoms with Crippen LogP contribution in [0.3, 0.4) is 0 Å². The number of hydrogen-bond donors (Lipinski definition) is 3. The number of nitrogen functional groups attached to an aromatic ring is 1. The van der Waals surface area contributed by atoms with E-state index in [1.165, 1.54) is 5.56 Å². The number of aryl methyl sites for hydroxylation is 1. The van der Waals surface area contributed by atoms with Crippen LogP contribution < -0.4 is 16.6 Å². The van der Waals surface area contributed by atoms with Crippen molar-refractivity contribution in [1.29, 1.82) is 0 Å². The van der Waals surface area contributed by atoms with Gasteiger partial charge in [-0.3, -0.25) is 10.6 Å². The normalized spacial score (nSPS) is 11.8. The number of hydrogen-bond acceptors (Lipinski definition) is 3. The van der Waals surface area contributed by atoms with Crippen LogP contribution in [0.4, 0.5) is 5.69 Å². The highest BCUT2D eigenvalue weighted by atomic mass is 16.1. The fourth-order valence-corrected chi connectivity index (χ4v) is 2.22. The third kappa shape index (κ3) is 3.83. The lowest BCUT2D eigenvalue weighted by atomic mass is 10.0. The van der Waals surface area contributed by atoms with Crippen molar-refractivity contribution >= 4 is 11.6 Å². The number of rotatable bonds is 5. The Morgan fingerprint density at radius 1 is 1.19 bits per heavy atom. The highest BCUT2D eigenvalue weighted by Gasteiger charge is 2.12. The Hall–Kier alpha value is -2.33. The topological polar surface area (TPSA) is 67.2 Å². The maximum absolute atomic E-state index is 12.3. The zero-order chi connectivity index (χ0) is 15.2. The van der Waals surface area contributed by atoms with Crippen LogP contribution in [0.15, 0.2) is 48.5 Å². The summed E-state index contributed by atoms with van der Waals surface area (Å²) in [6.07, 6.45) is 0. The van der Waals surface area contributed by atoms with Crippen molar-refractivity contribution in [2.75, 3.05) is 12.0 Å². The van der Waals surface area contributed by atoms with Crippen LogP contribution in [0.25, 0.3) is 0 Å². The lowest BCUT2D eigenvalue weighted by Crippen LogP contribution is -2.28. The van der Waals surface area contributed by atoms with Gasteiger partial charge in [0.2, 0.25) is 0 Å². The number of carbonyl (C=O) groups is 1. The average molecular weight is 283 g/mol. The van der Waals surface area contributed by atoms with E-state index in [2.05, 4.69) is 29.8 Å². The molecule has 0 bridgehead atoms. The summed E-state index contributed by atoms with van der Waals surface area (Å²) in [6.45, 7) is 4.63. The first-order valence-electron chi connectivity index (χ1n) is 7.02. The van der Waals surface area contributed by atoms with Gasteiger partial charge >= 0.3 is 0 Å². The molecule has 0 aromatic heterocycles. The van der Waals surface area contributed by atoms with E-state index in [1.54, 1.807) is 6.07 Å². The molecule has 0 saturated carbocycles. The Morgan fingerprint density at radius 2 is 1.90 bits per heavy atom. The van der Waals surface area contributed by atoms with Gasteiger partial charge in [0.15, 0.2) is 0 Å². The van der Waals surface area contributed by atoms with E-state index in [-0.39, 0.29) is 11.8 Å². The summed E-state index contributed by atoms with van der Waals surface area (Å²) in [7, 11) is 0. The van der Waals surface area contributed by atoms with Crippen molar-refractivity contribution in [3.63, 3.8) is 0 Å². The van der Waals surface area contributed by atoms with Gasteiger partial charge in [-0.2, -0.15) is 0 Å². The average Bonchev–Trinajstić information content (AvgIpc) is 2.52. The highest BCUT2D eigenvalue weighted by Crippen LogP contribution is 2.17. The zero-order valence-electron chi connectivity index (χ0n) is 12.4. The van der Waals surface area contributed by atoms with E-state index in [0.29, 0.717) is 17.8 Å². The second kappa shape index (κ2) is 6.90. The Kier molecular flexibility index (Phi) is 4.95. The Balaban J connectivity index is 2.02. The van der Waals surface area contributed by atoms with Crippen LogP contribution in [-0.4, -0.2) is 12.5 Å². The van der Waals surface area contributed by atoms with Gasteiger partial charge < -0.3 is 10.7 Å². The fourth-order valence-electron chi connectivity index (χ4n) is 2.22. The predicted molar refractivity (Wildman–Crippen MR) is 86.2 cm³/mol. The van der Waals surface area contributed by atoms with E-state index >= 15 is 0 Å². The number of nitrogens with two attached hydrogens (primary N) is 1. The molecule has 0 radical (unpaired) electrons. The van der Waals surface area contributed by atoms with Crippen LogP contribution in [0, 0.1) is 6.92 Å². The molecule has 4 nitrogen and oxygen atoms in total. The molecular weight excluding hydrogens is 262 g/mol. The Morgan fingerprint density at radius 3 is 2.57 bits per heavy atom. The van der Waals surface area contributed by atoms with Crippen LogP contribution in [0.2, 0.25) is 0 Å². The zero-order valence-corrected chi connectivity index (χ0v) is 12.4. The molecule has 4 N–H and O–H groups in total. The fraction of sp³-hybridized carbons (Fsp3) is 0.235. The maximum Gasteiger partial charge on any atom is 0.253 e. The van der Waals surface area contributed by atoms with Crippen molar-refractivity contribution in [1.82, 2.24) is 5.32 Å². The molecular formula is C17H21N3O. The molecule has 0 saturated heterocycles. The smallest absolute Gasteiger partial charge is 0.253 e. The van der Waals surface area contributed by atoms with Gasteiger partial charge in [0, 0.05) is 6.54 Å². The molecule has 1 atom stereocenters. The molecule has 2 aromatic carbocycles. The lowest BCUT2D eigenvalue weighted by molar-refractivity contribution is 0.0952. The van der Waals surface area contributed by atoms with E-state index < -0.39 is 0 Å². The molecule has 2 rings (SSSR count). The standard InChI is InChI=1S/C17H21N3O/c1-12-8-9-15(16(10-12)20-18)17(21)19-11-13(2)14-6-4-3-5-7-14/h3-10,13,20H,11,18H2,1-2H3,(H,19,21). The minimum absolute atomic E-state index is 0.120. The maximum atomic E-state index is 12.3. The van der Waals surface area contributed by atoms with E-state index in [4.69, 9.17) is 5.84 Å². The van der Waals surface area contributed by atoms with Crippen molar-refractivity contribution in [2.45, 2.75) is 19.8 Å². The minimum atomic E-state index is -0.120. The van der Waals surface area contributed by atoms with Crippen molar-refractivity contribution in [3.05, 3.63) is 65.2 Å². The largest absolute Gasteiger partial charge is 0.351 e. The minimum Gasteiger partial charge on any atom is -0.351 e. The molecule has 21 heavy (non-hydrogen) atoms. The van der Waals surface area contributed by atoms with Gasteiger partial charge in [-0.15, -0.1) is 0 Å². The Bertz CT molecular complexity index is 611. The van der Waals surface area contributed by atoms with Crippen LogP contribution in [0.5, 0.6) is 0 Å². The van der Waals surface area contributed by atoms with Crippen LogP contribution in [-0.2, 0) is 0 Å². The van der Waals surface area contributed by atoms with Gasteiger partial charge in [-0.1, -0.05) is 43.3 Å². The second-order valence-corrected chi connectivity index (χ2v) is 5.22. The molecule has 1 amide bonds. The first kappa shape index (κ1) is 15.1. The first-order chi connectivity index (χ1) is 10.1. The number of benzene rings is 2. The first-order valence-corrected chi connectivity index (χ1v) is 7.02. The molecule has 0 fully saturated rings. The van der Waals surface area contributed by atoms with Gasteiger partial charge in [-0.05, 0) is 36.1 Å². The van der Waals surface area contributed by atoms with Gasteiger partial charge in [0.1, 0.15) is 0 Å².